The molecule has 96 valence electrons. The molecule has 0 aliphatic carbocycles. The predicted octanol–water partition coefficient (Wildman–Crippen LogP) is 1.30. The van der Waals surface area contributed by atoms with E-state index in [9.17, 15) is 5.11 Å². The maximum absolute atomic E-state index is 9.31. The number of aromatic nitrogens is 3. The van der Waals surface area contributed by atoms with Crippen molar-refractivity contribution >= 4 is 11.3 Å². The summed E-state index contributed by atoms with van der Waals surface area (Å²) in [6, 6.07) is 0. The zero-order valence-corrected chi connectivity index (χ0v) is 11.0. The molecule has 1 aliphatic heterocycles. The fraction of sp³-hybridized carbons (Fsp3) is 0.500. The van der Waals surface area contributed by atoms with Gasteiger partial charge >= 0.3 is 0 Å². The second kappa shape index (κ2) is 4.79. The molecule has 0 saturated carbocycles. The van der Waals surface area contributed by atoms with Gasteiger partial charge in [-0.1, -0.05) is 0 Å². The summed E-state index contributed by atoms with van der Waals surface area (Å²) in [5, 5.41) is 16.9. The number of nitrogens with zero attached hydrogens (tertiary/aromatic N) is 3. The molecule has 1 atom stereocenters. The van der Waals surface area contributed by atoms with Crippen LogP contribution in [0.25, 0.3) is 0 Å². The lowest BCUT2D eigenvalue weighted by molar-refractivity contribution is 0.0702. The van der Waals surface area contributed by atoms with Crippen molar-refractivity contribution in [3.63, 3.8) is 0 Å². The Morgan fingerprint density at radius 2 is 2.50 bits per heavy atom. The van der Waals surface area contributed by atoms with Crippen LogP contribution in [-0.2, 0) is 17.9 Å². The smallest absolute Gasteiger partial charge is 0.0918 e. The lowest BCUT2D eigenvalue weighted by Crippen LogP contribution is -2.18. The average Bonchev–Trinajstić information content (AvgIpc) is 2.94. The van der Waals surface area contributed by atoms with Crippen LogP contribution >= 0.6 is 11.3 Å². The van der Waals surface area contributed by atoms with Crippen molar-refractivity contribution in [3.8, 4) is 0 Å². The molecular weight excluding hydrogens is 250 g/mol. The third-order valence-corrected chi connectivity index (χ3v) is 3.90. The zero-order valence-electron chi connectivity index (χ0n) is 10.2. The van der Waals surface area contributed by atoms with Gasteiger partial charge in [0, 0.05) is 23.1 Å². The Labute approximate surface area is 109 Å². The molecule has 0 bridgehead atoms. The molecule has 3 rings (SSSR count). The summed E-state index contributed by atoms with van der Waals surface area (Å²) in [6.45, 7) is 3.89. The van der Waals surface area contributed by atoms with Crippen molar-refractivity contribution in [1.82, 2.24) is 14.8 Å². The summed E-state index contributed by atoms with van der Waals surface area (Å²) in [4.78, 5) is 4.43. The second-order valence-electron chi connectivity index (χ2n) is 4.48. The number of hydrogen-bond donors (Lipinski definition) is 1. The Bertz CT molecular complexity index is 549. The largest absolute Gasteiger partial charge is 0.396 e. The van der Waals surface area contributed by atoms with E-state index in [0.29, 0.717) is 19.8 Å². The summed E-state index contributed by atoms with van der Waals surface area (Å²) < 4.78 is 7.30. The van der Waals surface area contributed by atoms with Gasteiger partial charge in [-0.25, -0.2) is 4.98 Å². The first kappa shape index (κ1) is 11.8. The molecule has 0 aromatic carbocycles. The summed E-state index contributed by atoms with van der Waals surface area (Å²) >= 11 is 1.65. The molecule has 0 saturated heterocycles. The molecule has 2 aromatic heterocycles. The summed E-state index contributed by atoms with van der Waals surface area (Å²) in [5.41, 5.74) is 3.07. The Hall–Kier alpha value is -1.24. The van der Waals surface area contributed by atoms with E-state index in [1.54, 1.807) is 11.3 Å². The molecule has 0 radical (unpaired) electrons. The van der Waals surface area contributed by atoms with Crippen LogP contribution in [0.4, 0.5) is 0 Å². The molecule has 18 heavy (non-hydrogen) atoms. The van der Waals surface area contributed by atoms with E-state index >= 15 is 0 Å². The van der Waals surface area contributed by atoms with Crippen molar-refractivity contribution in [3.05, 3.63) is 33.5 Å². The molecule has 0 spiro atoms. The number of fused-ring (bicyclic) bond motifs is 1. The molecule has 1 N–H and O–H groups in total. The third-order valence-electron chi connectivity index (χ3n) is 3.08. The lowest BCUT2D eigenvalue weighted by Gasteiger charge is -2.19. The van der Waals surface area contributed by atoms with Crippen LogP contribution in [0.15, 0.2) is 11.6 Å². The van der Waals surface area contributed by atoms with Crippen LogP contribution < -0.4 is 0 Å². The van der Waals surface area contributed by atoms with Crippen molar-refractivity contribution in [2.45, 2.75) is 26.0 Å². The van der Waals surface area contributed by atoms with E-state index in [-0.39, 0.29) is 12.5 Å². The minimum absolute atomic E-state index is 0.0553. The topological polar surface area (TPSA) is 60.2 Å². The van der Waals surface area contributed by atoms with Gasteiger partial charge in [-0.15, -0.1) is 11.3 Å². The van der Waals surface area contributed by atoms with E-state index in [1.807, 2.05) is 17.8 Å². The normalized spacial score (nSPS) is 18.9. The van der Waals surface area contributed by atoms with Gasteiger partial charge in [0.25, 0.3) is 0 Å². The van der Waals surface area contributed by atoms with Gasteiger partial charge in [0.1, 0.15) is 0 Å². The fourth-order valence-corrected chi connectivity index (χ4v) is 2.80. The Kier molecular flexibility index (Phi) is 3.15. The highest BCUT2D eigenvalue weighted by Gasteiger charge is 2.23. The summed E-state index contributed by atoms with van der Waals surface area (Å²) in [7, 11) is 0. The number of thiazole rings is 1. The number of aryl methyl sites for hydroxylation is 1. The average molecular weight is 265 g/mol. The van der Waals surface area contributed by atoms with Gasteiger partial charge < -0.3 is 9.84 Å². The predicted molar refractivity (Wildman–Crippen MR) is 67.7 cm³/mol. The molecule has 2 aromatic rings. The molecule has 0 fully saturated rings. The standard InChI is InChI=1S/C12H15N3O2S/c1-8-13-10(7-18-8)2-15-3-11-9(4-16)5-17-6-12(11)14-15/h3,7,9,16H,2,4-6H2,1H3/t9-/m0/s1. The van der Waals surface area contributed by atoms with Crippen LogP contribution in [-0.4, -0.2) is 33.1 Å². The van der Waals surface area contributed by atoms with Crippen molar-refractivity contribution in [2.24, 2.45) is 0 Å². The minimum atomic E-state index is 0.0553. The zero-order chi connectivity index (χ0) is 12.5. The summed E-state index contributed by atoms with van der Waals surface area (Å²) in [6.07, 6.45) is 2.01. The number of rotatable bonds is 3. The quantitative estimate of drug-likeness (QED) is 0.909. The van der Waals surface area contributed by atoms with Crippen LogP contribution in [0.1, 0.15) is 27.9 Å². The van der Waals surface area contributed by atoms with Crippen LogP contribution in [0.5, 0.6) is 0 Å². The molecule has 1 aliphatic rings. The monoisotopic (exact) mass is 265 g/mol. The van der Waals surface area contributed by atoms with Gasteiger partial charge in [-0.2, -0.15) is 5.10 Å². The third kappa shape index (κ3) is 2.19. The molecule has 6 heteroatoms. The van der Waals surface area contributed by atoms with Crippen molar-refractivity contribution in [1.29, 1.82) is 0 Å². The number of hydrogen-bond acceptors (Lipinski definition) is 5. The summed E-state index contributed by atoms with van der Waals surface area (Å²) in [5.74, 6) is 0.0553. The first-order chi connectivity index (χ1) is 8.76. The first-order valence-corrected chi connectivity index (χ1v) is 6.80. The Morgan fingerprint density at radius 1 is 1.61 bits per heavy atom. The van der Waals surface area contributed by atoms with Gasteiger partial charge in [-0.3, -0.25) is 4.68 Å². The number of ether oxygens (including phenoxy) is 1. The minimum Gasteiger partial charge on any atom is -0.396 e. The number of aliphatic hydroxyl groups is 1. The van der Waals surface area contributed by atoms with Gasteiger partial charge in [0.2, 0.25) is 0 Å². The highest BCUT2D eigenvalue weighted by molar-refractivity contribution is 7.09. The Balaban J connectivity index is 1.84. The fourth-order valence-electron chi connectivity index (χ4n) is 2.20. The maximum Gasteiger partial charge on any atom is 0.0918 e. The van der Waals surface area contributed by atoms with E-state index in [0.717, 1.165) is 22.0 Å². The lowest BCUT2D eigenvalue weighted by atomic mass is 10.00. The van der Waals surface area contributed by atoms with Crippen molar-refractivity contribution < 1.29 is 9.84 Å². The van der Waals surface area contributed by atoms with Gasteiger partial charge in [0.15, 0.2) is 0 Å². The highest BCUT2D eigenvalue weighted by atomic mass is 32.1. The molecule has 3 heterocycles. The molecule has 0 amide bonds. The van der Waals surface area contributed by atoms with Gasteiger partial charge in [0.05, 0.1) is 42.8 Å². The second-order valence-corrected chi connectivity index (χ2v) is 5.54. The van der Waals surface area contributed by atoms with Gasteiger partial charge in [-0.05, 0) is 6.92 Å². The van der Waals surface area contributed by atoms with Crippen molar-refractivity contribution in [2.75, 3.05) is 13.2 Å². The molecule has 5 nitrogen and oxygen atoms in total. The van der Waals surface area contributed by atoms with Crippen LogP contribution in [0.3, 0.4) is 0 Å². The van der Waals surface area contributed by atoms with Crippen LogP contribution in [0.2, 0.25) is 0 Å². The number of aliphatic hydroxyl groups excluding tert-OH is 1. The van der Waals surface area contributed by atoms with E-state index in [2.05, 4.69) is 15.5 Å². The molecular formula is C12H15N3O2S. The highest BCUT2D eigenvalue weighted by Crippen LogP contribution is 2.25. The first-order valence-electron chi connectivity index (χ1n) is 5.92. The van der Waals surface area contributed by atoms with E-state index < -0.39 is 0 Å². The maximum atomic E-state index is 9.31. The van der Waals surface area contributed by atoms with E-state index in [1.165, 1.54) is 0 Å². The molecule has 0 unspecified atom stereocenters. The van der Waals surface area contributed by atoms with E-state index in [4.69, 9.17) is 4.74 Å². The van der Waals surface area contributed by atoms with Crippen LogP contribution in [0, 0.1) is 6.92 Å². The SMILES string of the molecule is Cc1nc(Cn2cc3c(n2)COC[C@@H]3CO)cs1. The Morgan fingerprint density at radius 3 is 3.22 bits per heavy atom.